The second-order valence-electron chi connectivity index (χ2n) is 3.25. The maximum atomic E-state index is 11.0. The molecule has 0 atom stereocenters. The summed E-state index contributed by atoms with van der Waals surface area (Å²) in [5.74, 6) is 0. The van der Waals surface area contributed by atoms with Gasteiger partial charge < -0.3 is 0 Å². The fraction of sp³-hybridized carbons (Fsp3) is 0.444. The van der Waals surface area contributed by atoms with Crippen LogP contribution in [0, 0.1) is 6.92 Å². The number of hydrogen-bond donors (Lipinski definition) is 1. The third kappa shape index (κ3) is 3.69. The highest BCUT2D eigenvalue weighted by Crippen LogP contribution is 2.10. The summed E-state index contributed by atoms with van der Waals surface area (Å²) in [5.41, 5.74) is 0.559. The average molecular weight is 342 g/mol. The number of rotatable bonds is 4. The van der Waals surface area contributed by atoms with Crippen LogP contribution in [0.15, 0.2) is 23.4 Å². The second kappa shape index (κ2) is 5.22. The largest absolute Gasteiger partial charge is 0.300 e. The Morgan fingerprint density at radius 1 is 1.53 bits per heavy atom. The maximum absolute atomic E-state index is 11.0. The summed E-state index contributed by atoms with van der Waals surface area (Å²) in [6.07, 6.45) is 4.26. The van der Waals surface area contributed by atoms with E-state index in [1.165, 1.54) is 6.20 Å². The Kier molecular flexibility index (Phi) is 4.47. The molecule has 0 bridgehead atoms. The molecule has 0 aliphatic carbocycles. The highest BCUT2D eigenvalue weighted by Gasteiger charge is 2.17. The predicted molar refractivity (Wildman–Crippen MR) is 64.7 cm³/mol. The van der Waals surface area contributed by atoms with Gasteiger partial charge in [0.2, 0.25) is 0 Å². The summed E-state index contributed by atoms with van der Waals surface area (Å²) in [4.78, 5) is -0.0153. The van der Waals surface area contributed by atoms with Gasteiger partial charge in [0.1, 0.15) is 6.54 Å². The molecule has 0 radical (unpaired) electrons. The Hall–Kier alpha value is -0.210. The van der Waals surface area contributed by atoms with Crippen LogP contribution in [0.4, 0.5) is 0 Å². The summed E-state index contributed by atoms with van der Waals surface area (Å²) < 4.78 is 33.8. The van der Waals surface area contributed by atoms with Crippen LogP contribution in [0.2, 0.25) is 0 Å². The topological polar surface area (TPSA) is 58.2 Å². The third-order valence-electron chi connectivity index (χ3n) is 2.02. The number of aromatic nitrogens is 1. The lowest BCUT2D eigenvalue weighted by molar-refractivity contribution is -0.698. The Balaban J connectivity index is 3.06. The number of nitrogens with zero attached hydrogens (tertiary/aromatic N) is 1. The van der Waals surface area contributed by atoms with E-state index in [9.17, 15) is 8.42 Å². The smallest absolute Gasteiger partial charge is 0.282 e. The zero-order valence-electron chi connectivity index (χ0n) is 8.35. The normalized spacial score (nSPS) is 11.7. The third-order valence-corrected chi connectivity index (χ3v) is 3.76. The molecule has 0 amide bonds. The number of aryl methyl sites for hydroxylation is 2. The molecular formula is C9H13INO3S+. The number of hydrogen-bond acceptors (Lipinski definition) is 2. The fourth-order valence-electron chi connectivity index (χ4n) is 1.24. The summed E-state index contributed by atoms with van der Waals surface area (Å²) in [5, 5.41) is 0. The van der Waals surface area contributed by atoms with Crippen LogP contribution >= 0.6 is 22.6 Å². The zero-order valence-corrected chi connectivity index (χ0v) is 11.3. The van der Waals surface area contributed by atoms with Crippen molar-refractivity contribution in [3.8, 4) is 0 Å². The van der Waals surface area contributed by atoms with Gasteiger partial charge in [-0.25, -0.2) is 4.57 Å². The highest BCUT2D eigenvalue weighted by atomic mass is 127. The number of pyridine rings is 1. The van der Waals surface area contributed by atoms with Crippen LogP contribution in [0.3, 0.4) is 0 Å². The molecule has 0 fully saturated rings. The van der Waals surface area contributed by atoms with Gasteiger partial charge in [0, 0.05) is 16.9 Å². The summed E-state index contributed by atoms with van der Waals surface area (Å²) in [6.45, 7) is 2.41. The van der Waals surface area contributed by atoms with Crippen molar-refractivity contribution in [2.75, 3.05) is 4.43 Å². The molecule has 0 saturated carbocycles. The minimum Gasteiger partial charge on any atom is -0.282 e. The van der Waals surface area contributed by atoms with Crippen LogP contribution in [0.5, 0.6) is 0 Å². The molecule has 0 saturated heterocycles. The zero-order chi connectivity index (χ0) is 11.5. The molecule has 0 aliphatic rings. The van der Waals surface area contributed by atoms with Crippen molar-refractivity contribution in [3.63, 3.8) is 0 Å². The van der Waals surface area contributed by atoms with Gasteiger partial charge in [-0.3, -0.25) is 4.55 Å². The lowest BCUT2D eigenvalue weighted by Gasteiger charge is -2.01. The molecule has 15 heavy (non-hydrogen) atoms. The van der Waals surface area contributed by atoms with E-state index in [0.29, 0.717) is 5.56 Å². The first kappa shape index (κ1) is 12.9. The van der Waals surface area contributed by atoms with E-state index in [2.05, 4.69) is 22.6 Å². The van der Waals surface area contributed by atoms with Crippen molar-refractivity contribution in [2.45, 2.75) is 24.8 Å². The first-order valence-electron chi connectivity index (χ1n) is 4.48. The molecular weight excluding hydrogens is 329 g/mol. The van der Waals surface area contributed by atoms with Crippen molar-refractivity contribution < 1.29 is 17.5 Å². The second-order valence-corrected chi connectivity index (χ2v) is 5.72. The average Bonchev–Trinajstić information content (AvgIpc) is 2.15. The molecule has 4 nitrogen and oxygen atoms in total. The minimum atomic E-state index is -4.10. The van der Waals surface area contributed by atoms with Crippen molar-refractivity contribution >= 4 is 32.7 Å². The molecule has 0 aromatic carbocycles. The number of alkyl halides is 1. The van der Waals surface area contributed by atoms with Gasteiger partial charge in [-0.15, -0.1) is 0 Å². The molecule has 6 heteroatoms. The fourth-order valence-corrected chi connectivity index (χ4v) is 2.32. The van der Waals surface area contributed by atoms with Crippen LogP contribution in [0.25, 0.3) is 0 Å². The first-order chi connectivity index (χ1) is 6.95. The SMILES string of the molecule is Cc1cc[n+](CCCI)cc1S(=O)(=O)O. The van der Waals surface area contributed by atoms with Crippen LogP contribution in [0.1, 0.15) is 12.0 Å². The van der Waals surface area contributed by atoms with Gasteiger partial charge in [0.25, 0.3) is 0 Å². The Morgan fingerprint density at radius 3 is 2.73 bits per heavy atom. The highest BCUT2D eigenvalue weighted by molar-refractivity contribution is 14.1. The van der Waals surface area contributed by atoms with Crippen LogP contribution in [-0.2, 0) is 16.7 Å². The summed E-state index contributed by atoms with van der Waals surface area (Å²) in [6, 6.07) is 1.69. The summed E-state index contributed by atoms with van der Waals surface area (Å²) >= 11 is 2.26. The first-order valence-corrected chi connectivity index (χ1v) is 7.45. The van der Waals surface area contributed by atoms with Crippen molar-refractivity contribution in [1.29, 1.82) is 0 Å². The standard InChI is InChI=1S/C9H12INO3S/c1-8-3-6-11(5-2-4-10)7-9(8)15(12,13)14/h3,6-7H,2,4-5H2,1H3/p+1. The molecule has 0 aliphatic heterocycles. The molecule has 1 aromatic heterocycles. The molecule has 1 heterocycles. The molecule has 0 spiro atoms. The van der Waals surface area contributed by atoms with Crippen LogP contribution < -0.4 is 4.57 Å². The summed E-state index contributed by atoms with van der Waals surface area (Å²) in [7, 11) is -4.10. The van der Waals surface area contributed by atoms with E-state index in [1.807, 2.05) is 6.20 Å². The van der Waals surface area contributed by atoms with Gasteiger partial charge in [-0.2, -0.15) is 8.42 Å². The lowest BCUT2D eigenvalue weighted by atomic mass is 10.3. The Labute approximate surface area is 103 Å². The van der Waals surface area contributed by atoms with Gasteiger partial charge in [0.05, 0.1) is 0 Å². The maximum Gasteiger partial charge on any atom is 0.300 e. The van der Waals surface area contributed by atoms with Crippen LogP contribution in [-0.4, -0.2) is 17.4 Å². The monoisotopic (exact) mass is 342 g/mol. The van der Waals surface area contributed by atoms with E-state index < -0.39 is 10.1 Å². The van der Waals surface area contributed by atoms with E-state index >= 15 is 0 Å². The molecule has 84 valence electrons. The van der Waals surface area contributed by atoms with E-state index in [1.54, 1.807) is 17.6 Å². The van der Waals surface area contributed by atoms with Gasteiger partial charge in [-0.05, 0) is 12.5 Å². The van der Waals surface area contributed by atoms with Gasteiger partial charge in [-0.1, -0.05) is 22.6 Å². The quantitative estimate of drug-likeness (QED) is 0.389. The molecule has 0 unspecified atom stereocenters. The lowest BCUT2D eigenvalue weighted by Crippen LogP contribution is -2.34. The molecule has 1 aromatic rings. The van der Waals surface area contributed by atoms with Crippen molar-refractivity contribution in [2.24, 2.45) is 0 Å². The Morgan fingerprint density at radius 2 is 2.20 bits per heavy atom. The van der Waals surface area contributed by atoms with Crippen molar-refractivity contribution in [1.82, 2.24) is 0 Å². The van der Waals surface area contributed by atoms with Gasteiger partial charge in [0.15, 0.2) is 17.3 Å². The minimum absolute atomic E-state index is 0.0153. The van der Waals surface area contributed by atoms with E-state index in [4.69, 9.17) is 4.55 Å². The van der Waals surface area contributed by atoms with E-state index in [0.717, 1.165) is 17.4 Å². The number of halogens is 1. The predicted octanol–water partition coefficient (Wildman–Crippen LogP) is 1.35. The van der Waals surface area contributed by atoms with Crippen molar-refractivity contribution in [3.05, 3.63) is 24.0 Å². The van der Waals surface area contributed by atoms with E-state index in [-0.39, 0.29) is 4.90 Å². The van der Waals surface area contributed by atoms with Gasteiger partial charge >= 0.3 is 10.1 Å². The molecule has 1 rings (SSSR count). The molecule has 1 N–H and O–H groups in total. The Bertz CT molecular complexity index is 445.